The minimum Gasteiger partial charge on any atom is -0.325 e. The third-order valence-electron chi connectivity index (χ3n) is 3.97. The van der Waals surface area contributed by atoms with Gasteiger partial charge in [0.1, 0.15) is 11.7 Å². The molecule has 128 valence electrons. The number of aryl methyl sites for hydroxylation is 1. The van der Waals surface area contributed by atoms with E-state index < -0.39 is 5.92 Å². The molecular weight excluding hydrogens is 321 g/mol. The minimum atomic E-state index is -0.601. The first kappa shape index (κ1) is 16.8. The van der Waals surface area contributed by atoms with E-state index in [1.807, 2.05) is 24.3 Å². The molecule has 0 fully saturated rings. The molecule has 3 aromatic rings. The van der Waals surface area contributed by atoms with Gasteiger partial charge in [-0.05, 0) is 48.2 Å². The number of carbonyl (C=O) groups is 1. The van der Waals surface area contributed by atoms with Gasteiger partial charge in [0.15, 0.2) is 5.82 Å². The molecule has 1 unspecified atom stereocenters. The lowest BCUT2D eigenvalue weighted by Crippen LogP contribution is -2.24. The Hall–Kier alpha value is -3.09. The lowest BCUT2D eigenvalue weighted by atomic mass is 9.96. The predicted molar refractivity (Wildman–Crippen MR) is 91.5 cm³/mol. The topological polar surface area (TPSA) is 83.6 Å². The van der Waals surface area contributed by atoms with Gasteiger partial charge >= 0.3 is 0 Å². The molecule has 0 saturated carbocycles. The number of tetrazole rings is 1. The third kappa shape index (κ3) is 4.26. The summed E-state index contributed by atoms with van der Waals surface area (Å²) in [5.41, 5.74) is 2.75. The number of nitrogens with zero attached hydrogens (tertiary/aromatic N) is 3. The molecule has 2 N–H and O–H groups in total. The summed E-state index contributed by atoms with van der Waals surface area (Å²) < 4.78 is 13.0. The van der Waals surface area contributed by atoms with Crippen molar-refractivity contribution in [3.63, 3.8) is 0 Å². The second kappa shape index (κ2) is 7.65. The standard InChI is InChI=1S/C18H18FN5O/c1-2-12-3-5-13(6-4-12)11-16(17-21-23-24-22-17)18(25)20-15-9-7-14(19)8-10-15/h3-10,16H,2,11H2,1H3,(H,20,25)(H,21,22,23,24). The van der Waals surface area contributed by atoms with Crippen LogP contribution in [0.1, 0.15) is 29.8 Å². The van der Waals surface area contributed by atoms with Gasteiger partial charge < -0.3 is 5.32 Å². The second-order valence-electron chi connectivity index (χ2n) is 5.69. The second-order valence-corrected chi connectivity index (χ2v) is 5.69. The summed E-state index contributed by atoms with van der Waals surface area (Å²) in [6.45, 7) is 2.09. The Morgan fingerprint density at radius 2 is 1.80 bits per heavy atom. The van der Waals surface area contributed by atoms with Gasteiger partial charge in [-0.15, -0.1) is 10.2 Å². The highest BCUT2D eigenvalue weighted by Crippen LogP contribution is 2.20. The summed E-state index contributed by atoms with van der Waals surface area (Å²) >= 11 is 0. The van der Waals surface area contributed by atoms with Crippen LogP contribution in [-0.2, 0) is 17.6 Å². The molecule has 0 spiro atoms. The number of rotatable bonds is 6. The van der Waals surface area contributed by atoms with E-state index in [1.165, 1.54) is 29.8 Å². The van der Waals surface area contributed by atoms with Crippen molar-refractivity contribution < 1.29 is 9.18 Å². The summed E-state index contributed by atoms with van der Waals surface area (Å²) in [5.74, 6) is -0.910. The van der Waals surface area contributed by atoms with Crippen LogP contribution in [0, 0.1) is 5.82 Å². The number of hydrogen-bond acceptors (Lipinski definition) is 4. The number of anilines is 1. The van der Waals surface area contributed by atoms with Crippen LogP contribution in [0.4, 0.5) is 10.1 Å². The summed E-state index contributed by atoms with van der Waals surface area (Å²) in [4.78, 5) is 12.7. The fourth-order valence-corrected chi connectivity index (χ4v) is 2.53. The van der Waals surface area contributed by atoms with Gasteiger partial charge in [-0.25, -0.2) is 4.39 Å². The molecule has 0 aliphatic rings. The van der Waals surface area contributed by atoms with Crippen LogP contribution in [0.2, 0.25) is 0 Å². The number of halogens is 1. The van der Waals surface area contributed by atoms with Gasteiger partial charge in [-0.2, -0.15) is 5.21 Å². The number of H-pyrrole nitrogens is 1. The van der Waals surface area contributed by atoms with Crippen molar-refractivity contribution >= 4 is 11.6 Å². The van der Waals surface area contributed by atoms with Gasteiger partial charge in [-0.1, -0.05) is 36.4 Å². The number of hydrogen-bond donors (Lipinski definition) is 2. The zero-order chi connectivity index (χ0) is 17.6. The molecule has 3 rings (SSSR count). The van der Waals surface area contributed by atoms with E-state index in [1.54, 1.807) is 0 Å². The minimum absolute atomic E-state index is 0.271. The summed E-state index contributed by atoms with van der Waals surface area (Å²) in [6.07, 6.45) is 1.40. The van der Waals surface area contributed by atoms with Crippen molar-refractivity contribution in [2.75, 3.05) is 5.32 Å². The van der Waals surface area contributed by atoms with Crippen molar-refractivity contribution in [1.29, 1.82) is 0 Å². The Bertz CT molecular complexity index is 816. The molecule has 1 amide bonds. The number of carbonyl (C=O) groups excluding carboxylic acids is 1. The van der Waals surface area contributed by atoms with Gasteiger partial charge in [0.2, 0.25) is 5.91 Å². The maximum absolute atomic E-state index is 13.0. The zero-order valence-electron chi connectivity index (χ0n) is 13.7. The van der Waals surface area contributed by atoms with E-state index in [0.29, 0.717) is 17.9 Å². The quantitative estimate of drug-likeness (QED) is 0.723. The Morgan fingerprint density at radius 3 is 2.40 bits per heavy atom. The zero-order valence-corrected chi connectivity index (χ0v) is 13.7. The van der Waals surface area contributed by atoms with Crippen LogP contribution in [-0.4, -0.2) is 26.5 Å². The molecule has 0 radical (unpaired) electrons. The first-order valence-corrected chi connectivity index (χ1v) is 8.03. The lowest BCUT2D eigenvalue weighted by molar-refractivity contribution is -0.117. The highest BCUT2D eigenvalue weighted by molar-refractivity contribution is 5.95. The lowest BCUT2D eigenvalue weighted by Gasteiger charge is -2.14. The first-order chi connectivity index (χ1) is 12.2. The Morgan fingerprint density at radius 1 is 1.12 bits per heavy atom. The van der Waals surface area contributed by atoms with Crippen LogP contribution in [0.3, 0.4) is 0 Å². The van der Waals surface area contributed by atoms with E-state index in [-0.39, 0.29) is 11.7 Å². The van der Waals surface area contributed by atoms with Crippen LogP contribution in [0.5, 0.6) is 0 Å². The van der Waals surface area contributed by atoms with E-state index in [4.69, 9.17) is 0 Å². The molecule has 0 saturated heterocycles. The largest absolute Gasteiger partial charge is 0.325 e. The van der Waals surface area contributed by atoms with Crippen molar-refractivity contribution in [2.24, 2.45) is 0 Å². The molecule has 0 aliphatic carbocycles. The monoisotopic (exact) mass is 339 g/mol. The number of benzene rings is 2. The van der Waals surface area contributed by atoms with Gasteiger partial charge in [0, 0.05) is 5.69 Å². The normalized spacial score (nSPS) is 11.9. The average Bonchev–Trinajstić information content (AvgIpc) is 3.16. The van der Waals surface area contributed by atoms with Gasteiger partial charge in [-0.3, -0.25) is 4.79 Å². The molecule has 0 aliphatic heterocycles. The summed E-state index contributed by atoms with van der Waals surface area (Å²) in [6, 6.07) is 13.7. The van der Waals surface area contributed by atoms with Crippen LogP contribution in [0.15, 0.2) is 48.5 Å². The maximum atomic E-state index is 13.0. The van der Waals surface area contributed by atoms with Crippen LogP contribution >= 0.6 is 0 Å². The summed E-state index contributed by atoms with van der Waals surface area (Å²) in [5, 5.41) is 16.6. The van der Waals surface area contributed by atoms with Crippen molar-refractivity contribution in [3.05, 3.63) is 71.3 Å². The molecule has 25 heavy (non-hydrogen) atoms. The molecule has 1 heterocycles. The molecule has 1 atom stereocenters. The van der Waals surface area contributed by atoms with E-state index in [0.717, 1.165) is 12.0 Å². The third-order valence-corrected chi connectivity index (χ3v) is 3.97. The fraction of sp³-hybridized carbons (Fsp3) is 0.222. The fourth-order valence-electron chi connectivity index (χ4n) is 2.53. The SMILES string of the molecule is CCc1ccc(CC(C(=O)Nc2ccc(F)cc2)c2nn[nH]n2)cc1. The number of amides is 1. The molecular formula is C18H18FN5O. The van der Waals surface area contributed by atoms with Crippen molar-refractivity contribution in [3.8, 4) is 0 Å². The van der Waals surface area contributed by atoms with E-state index in [9.17, 15) is 9.18 Å². The highest BCUT2D eigenvalue weighted by Gasteiger charge is 2.25. The van der Waals surface area contributed by atoms with Crippen molar-refractivity contribution in [1.82, 2.24) is 20.6 Å². The molecule has 1 aromatic heterocycles. The summed E-state index contributed by atoms with van der Waals surface area (Å²) in [7, 11) is 0. The highest BCUT2D eigenvalue weighted by atomic mass is 19.1. The molecule has 0 bridgehead atoms. The Kier molecular flexibility index (Phi) is 5.13. The average molecular weight is 339 g/mol. The van der Waals surface area contributed by atoms with Gasteiger partial charge in [0.25, 0.3) is 0 Å². The number of aromatic nitrogens is 4. The molecule has 2 aromatic carbocycles. The van der Waals surface area contributed by atoms with E-state index in [2.05, 4.69) is 32.9 Å². The predicted octanol–water partition coefficient (Wildman–Crippen LogP) is 2.87. The molecule has 6 nitrogen and oxygen atoms in total. The van der Waals surface area contributed by atoms with Gasteiger partial charge in [0.05, 0.1) is 0 Å². The van der Waals surface area contributed by atoms with Crippen molar-refractivity contribution in [2.45, 2.75) is 25.7 Å². The van der Waals surface area contributed by atoms with Crippen LogP contribution < -0.4 is 5.32 Å². The Balaban J connectivity index is 1.79. The van der Waals surface area contributed by atoms with Crippen LogP contribution in [0.25, 0.3) is 0 Å². The Labute approximate surface area is 144 Å². The number of aromatic amines is 1. The smallest absolute Gasteiger partial charge is 0.235 e. The molecule has 7 heteroatoms. The maximum Gasteiger partial charge on any atom is 0.235 e. The number of nitrogens with one attached hydrogen (secondary N) is 2. The first-order valence-electron chi connectivity index (χ1n) is 8.03. The van der Waals surface area contributed by atoms with E-state index >= 15 is 0 Å².